The Morgan fingerprint density at radius 2 is 2.00 bits per heavy atom. The van der Waals surface area contributed by atoms with Crippen molar-refractivity contribution in [2.45, 2.75) is 0 Å². The summed E-state index contributed by atoms with van der Waals surface area (Å²) in [5.74, 6) is 0.645. The van der Waals surface area contributed by atoms with Crippen LogP contribution in [0.5, 0.6) is 5.75 Å². The van der Waals surface area contributed by atoms with Crippen LogP contribution in [0.25, 0.3) is 11.6 Å². The summed E-state index contributed by atoms with van der Waals surface area (Å²) in [6, 6.07) is 13.4. The Labute approximate surface area is 125 Å². The summed E-state index contributed by atoms with van der Waals surface area (Å²) in [5.41, 5.74) is 3.28. The highest BCUT2D eigenvalue weighted by Crippen LogP contribution is 2.34. The van der Waals surface area contributed by atoms with E-state index in [9.17, 15) is 4.79 Å². The molecule has 1 aliphatic heterocycles. The maximum Gasteiger partial charge on any atom is 0.256 e. The van der Waals surface area contributed by atoms with Crippen molar-refractivity contribution in [1.29, 1.82) is 0 Å². The standard InChI is InChI=1S/C16H12BrNO2/c1-20-15-7-6-11(17)8-10(15)9-13-12-4-2-3-5-14(12)18-16(13)19/h2-9H,1H3,(H,18,19)/b13-9+. The van der Waals surface area contributed by atoms with E-state index in [1.165, 1.54) is 0 Å². The Morgan fingerprint density at radius 1 is 1.20 bits per heavy atom. The molecule has 3 rings (SSSR count). The van der Waals surface area contributed by atoms with Crippen molar-refractivity contribution in [2.24, 2.45) is 0 Å². The van der Waals surface area contributed by atoms with Gasteiger partial charge in [-0.3, -0.25) is 4.79 Å². The molecule has 1 aliphatic rings. The maximum absolute atomic E-state index is 12.1. The second-order valence-electron chi connectivity index (χ2n) is 4.44. The minimum atomic E-state index is -0.0896. The predicted molar refractivity (Wildman–Crippen MR) is 83.6 cm³/mol. The molecule has 1 N–H and O–H groups in total. The summed E-state index contributed by atoms with van der Waals surface area (Å²) >= 11 is 3.44. The second kappa shape index (κ2) is 5.13. The van der Waals surface area contributed by atoms with Crippen LogP contribution in [-0.4, -0.2) is 13.0 Å². The first kappa shape index (κ1) is 12.9. The van der Waals surface area contributed by atoms with Gasteiger partial charge >= 0.3 is 0 Å². The number of hydrogen-bond acceptors (Lipinski definition) is 2. The Bertz CT molecular complexity index is 722. The number of amides is 1. The van der Waals surface area contributed by atoms with Crippen LogP contribution in [0.3, 0.4) is 0 Å². The molecule has 0 aromatic heterocycles. The largest absolute Gasteiger partial charge is 0.496 e. The quantitative estimate of drug-likeness (QED) is 0.847. The first-order chi connectivity index (χ1) is 9.69. The summed E-state index contributed by atoms with van der Waals surface area (Å²) < 4.78 is 6.28. The Balaban J connectivity index is 2.13. The zero-order chi connectivity index (χ0) is 14.1. The molecule has 0 radical (unpaired) electrons. The number of halogens is 1. The van der Waals surface area contributed by atoms with Crippen LogP contribution in [0.1, 0.15) is 11.1 Å². The first-order valence-corrected chi connectivity index (χ1v) is 6.94. The molecule has 0 saturated carbocycles. The lowest BCUT2D eigenvalue weighted by Crippen LogP contribution is -2.03. The van der Waals surface area contributed by atoms with E-state index in [0.29, 0.717) is 5.57 Å². The maximum atomic E-state index is 12.1. The van der Waals surface area contributed by atoms with E-state index in [1.807, 2.05) is 48.5 Å². The normalized spacial score (nSPS) is 15.1. The summed E-state index contributed by atoms with van der Waals surface area (Å²) in [7, 11) is 1.62. The van der Waals surface area contributed by atoms with Gasteiger partial charge in [0.1, 0.15) is 5.75 Å². The van der Waals surface area contributed by atoms with Crippen LogP contribution in [0.4, 0.5) is 5.69 Å². The number of anilines is 1. The molecule has 0 atom stereocenters. The topological polar surface area (TPSA) is 38.3 Å². The number of para-hydroxylation sites is 1. The van der Waals surface area contributed by atoms with Crippen molar-refractivity contribution < 1.29 is 9.53 Å². The molecule has 0 saturated heterocycles. The lowest BCUT2D eigenvalue weighted by molar-refractivity contribution is -0.110. The summed E-state index contributed by atoms with van der Waals surface area (Å²) in [6.45, 7) is 0. The molecule has 2 aromatic rings. The van der Waals surface area contributed by atoms with Crippen molar-refractivity contribution >= 4 is 39.2 Å². The van der Waals surface area contributed by atoms with E-state index in [-0.39, 0.29) is 5.91 Å². The van der Waals surface area contributed by atoms with E-state index < -0.39 is 0 Å². The van der Waals surface area contributed by atoms with Gasteiger partial charge < -0.3 is 10.1 Å². The zero-order valence-electron chi connectivity index (χ0n) is 10.8. The molecule has 100 valence electrons. The fraction of sp³-hybridized carbons (Fsp3) is 0.0625. The highest BCUT2D eigenvalue weighted by molar-refractivity contribution is 9.10. The van der Waals surface area contributed by atoms with Gasteiger partial charge in [-0.05, 0) is 30.3 Å². The van der Waals surface area contributed by atoms with E-state index >= 15 is 0 Å². The molecular formula is C16H12BrNO2. The summed E-state index contributed by atoms with van der Waals surface area (Å²) in [5, 5.41) is 2.86. The number of hydrogen-bond donors (Lipinski definition) is 1. The lowest BCUT2D eigenvalue weighted by Gasteiger charge is -2.06. The zero-order valence-corrected chi connectivity index (χ0v) is 12.4. The molecule has 0 unspecified atom stereocenters. The van der Waals surface area contributed by atoms with Crippen LogP contribution in [0, 0.1) is 0 Å². The van der Waals surface area contributed by atoms with Gasteiger partial charge in [-0.25, -0.2) is 0 Å². The van der Waals surface area contributed by atoms with Crippen LogP contribution >= 0.6 is 15.9 Å². The van der Waals surface area contributed by atoms with Gasteiger partial charge in [0.05, 0.1) is 7.11 Å². The van der Waals surface area contributed by atoms with Crippen molar-refractivity contribution in [3.05, 3.63) is 58.1 Å². The smallest absolute Gasteiger partial charge is 0.256 e. The number of ether oxygens (including phenoxy) is 1. The number of nitrogens with one attached hydrogen (secondary N) is 1. The molecule has 20 heavy (non-hydrogen) atoms. The Morgan fingerprint density at radius 3 is 2.80 bits per heavy atom. The number of carbonyl (C=O) groups excluding carboxylic acids is 1. The minimum Gasteiger partial charge on any atom is -0.496 e. The van der Waals surface area contributed by atoms with Gasteiger partial charge in [-0.15, -0.1) is 0 Å². The third-order valence-electron chi connectivity index (χ3n) is 3.20. The van der Waals surface area contributed by atoms with Crippen molar-refractivity contribution in [3.63, 3.8) is 0 Å². The van der Waals surface area contributed by atoms with Crippen LogP contribution in [0.2, 0.25) is 0 Å². The number of benzene rings is 2. The van der Waals surface area contributed by atoms with Crippen LogP contribution in [0.15, 0.2) is 46.9 Å². The fourth-order valence-electron chi connectivity index (χ4n) is 2.26. The highest BCUT2D eigenvalue weighted by atomic mass is 79.9. The molecule has 2 aromatic carbocycles. The van der Waals surface area contributed by atoms with Gasteiger partial charge in [-0.1, -0.05) is 34.1 Å². The van der Waals surface area contributed by atoms with E-state index in [0.717, 1.165) is 27.0 Å². The summed E-state index contributed by atoms with van der Waals surface area (Å²) in [4.78, 5) is 12.1. The monoisotopic (exact) mass is 329 g/mol. The van der Waals surface area contributed by atoms with E-state index in [1.54, 1.807) is 7.11 Å². The van der Waals surface area contributed by atoms with Gasteiger partial charge in [0.15, 0.2) is 0 Å². The molecule has 0 bridgehead atoms. The Hall–Kier alpha value is -2.07. The SMILES string of the molecule is COc1ccc(Br)cc1/C=C1/C(=O)Nc2ccccc21. The number of fused-ring (bicyclic) bond motifs is 1. The molecular weight excluding hydrogens is 318 g/mol. The molecule has 3 nitrogen and oxygen atoms in total. The predicted octanol–water partition coefficient (Wildman–Crippen LogP) is 3.95. The third-order valence-corrected chi connectivity index (χ3v) is 3.69. The number of rotatable bonds is 2. The summed E-state index contributed by atoms with van der Waals surface area (Å²) in [6.07, 6.45) is 1.85. The van der Waals surface area contributed by atoms with Gasteiger partial charge in [0.25, 0.3) is 5.91 Å². The molecule has 0 aliphatic carbocycles. The highest BCUT2D eigenvalue weighted by Gasteiger charge is 2.23. The molecule has 0 fully saturated rings. The lowest BCUT2D eigenvalue weighted by atomic mass is 10.0. The fourth-order valence-corrected chi connectivity index (χ4v) is 2.63. The van der Waals surface area contributed by atoms with Gasteiger partial charge in [-0.2, -0.15) is 0 Å². The average Bonchev–Trinajstić information content (AvgIpc) is 2.76. The van der Waals surface area contributed by atoms with Crippen molar-refractivity contribution in [1.82, 2.24) is 0 Å². The third kappa shape index (κ3) is 2.23. The van der Waals surface area contributed by atoms with Crippen molar-refractivity contribution in [3.8, 4) is 5.75 Å². The van der Waals surface area contributed by atoms with Gasteiger partial charge in [0.2, 0.25) is 0 Å². The molecule has 4 heteroatoms. The number of carbonyl (C=O) groups is 1. The van der Waals surface area contributed by atoms with Crippen LogP contribution in [-0.2, 0) is 4.79 Å². The van der Waals surface area contributed by atoms with E-state index in [4.69, 9.17) is 4.74 Å². The van der Waals surface area contributed by atoms with Crippen molar-refractivity contribution in [2.75, 3.05) is 12.4 Å². The number of methoxy groups -OCH3 is 1. The minimum absolute atomic E-state index is 0.0896. The molecule has 1 amide bonds. The van der Waals surface area contributed by atoms with Crippen LogP contribution < -0.4 is 10.1 Å². The Kier molecular flexibility index (Phi) is 3.32. The molecule has 1 heterocycles. The second-order valence-corrected chi connectivity index (χ2v) is 5.36. The molecule has 0 spiro atoms. The first-order valence-electron chi connectivity index (χ1n) is 6.15. The van der Waals surface area contributed by atoms with E-state index in [2.05, 4.69) is 21.2 Å². The van der Waals surface area contributed by atoms with Gasteiger partial charge in [0, 0.05) is 26.9 Å². The average molecular weight is 330 g/mol.